The van der Waals surface area contributed by atoms with Crippen molar-refractivity contribution in [2.24, 2.45) is 0 Å². The van der Waals surface area contributed by atoms with E-state index in [0.29, 0.717) is 29.9 Å². The standard InChI is InChI=1S/C13H10N2O2S.C6H13NO.C5H5NO3.H2/c1-8-6-15(13(16)18-8)11-7-17-12-9(5-14)3-2-4-10(11)12;1-5-3-7-4-6(2)8-5;7-3-1-4(8)6-5(9)2-3;/h2-4,7-8H,6H2,1H3;5-7H,3-4H2,1-2H3;1-2H2,(H,6,8,9);1H/t8-;5-,6+;;/m0.../s1. The van der Waals surface area contributed by atoms with Gasteiger partial charge in [-0.3, -0.25) is 29.4 Å². The summed E-state index contributed by atoms with van der Waals surface area (Å²) in [6, 6.07) is 7.47. The second kappa shape index (κ2) is 12.0. The van der Waals surface area contributed by atoms with Gasteiger partial charge >= 0.3 is 0 Å². The van der Waals surface area contributed by atoms with E-state index in [4.69, 9.17) is 14.4 Å². The Bertz CT molecular complexity index is 1110. The lowest BCUT2D eigenvalue weighted by atomic mass is 10.1. The number of hydrogen-bond donors (Lipinski definition) is 2. The molecule has 0 saturated carbocycles. The van der Waals surface area contributed by atoms with Crippen molar-refractivity contribution in [3.8, 4) is 6.07 Å². The third-order valence-electron chi connectivity index (χ3n) is 5.28. The fraction of sp³-hybridized carbons (Fsp3) is 0.458. The Morgan fingerprint density at radius 1 is 1.09 bits per heavy atom. The molecule has 3 aliphatic heterocycles. The molecule has 11 heteroatoms. The minimum atomic E-state index is -0.490. The normalized spacial score (nSPS) is 24.2. The number of ether oxygens (including phenoxy) is 1. The van der Waals surface area contributed by atoms with Gasteiger partial charge in [0.15, 0.2) is 11.4 Å². The number of amides is 3. The average molecular weight is 503 g/mol. The zero-order valence-electron chi connectivity index (χ0n) is 19.8. The van der Waals surface area contributed by atoms with E-state index in [9.17, 15) is 19.2 Å². The van der Waals surface area contributed by atoms with Crippen LogP contribution >= 0.6 is 11.8 Å². The van der Waals surface area contributed by atoms with Crippen molar-refractivity contribution in [3.05, 3.63) is 30.0 Å². The molecule has 1 aromatic heterocycles. The number of piperidine rings is 1. The molecule has 3 aliphatic rings. The summed E-state index contributed by atoms with van der Waals surface area (Å²) in [4.78, 5) is 44.6. The average Bonchev–Trinajstić information content (AvgIpc) is 3.35. The molecule has 5 rings (SSSR count). The van der Waals surface area contributed by atoms with Crippen molar-refractivity contribution < 1.29 is 29.8 Å². The van der Waals surface area contributed by atoms with Gasteiger partial charge in [0.05, 0.1) is 36.3 Å². The van der Waals surface area contributed by atoms with Crippen LogP contribution in [0.4, 0.5) is 10.5 Å². The van der Waals surface area contributed by atoms with Crippen LogP contribution in [0.3, 0.4) is 0 Å². The van der Waals surface area contributed by atoms with Gasteiger partial charge in [0.1, 0.15) is 12.3 Å². The topological polar surface area (TPSA) is 142 Å². The number of carbonyl (C=O) groups is 4. The third-order valence-corrected chi connectivity index (χ3v) is 6.25. The highest BCUT2D eigenvalue weighted by Crippen LogP contribution is 2.36. The van der Waals surface area contributed by atoms with E-state index in [2.05, 4.69) is 25.2 Å². The number of benzene rings is 1. The third kappa shape index (κ3) is 7.14. The van der Waals surface area contributed by atoms with Gasteiger partial charge in [0.2, 0.25) is 11.8 Å². The number of imide groups is 1. The van der Waals surface area contributed by atoms with E-state index in [0.717, 1.165) is 24.2 Å². The smallest absolute Gasteiger partial charge is 0.286 e. The highest BCUT2D eigenvalue weighted by atomic mass is 32.2. The van der Waals surface area contributed by atoms with Gasteiger partial charge in [-0.05, 0) is 26.0 Å². The predicted octanol–water partition coefficient (Wildman–Crippen LogP) is 2.99. The number of morpholine rings is 1. The Balaban J connectivity index is 0.000000213. The van der Waals surface area contributed by atoms with E-state index in [1.54, 1.807) is 23.3 Å². The van der Waals surface area contributed by atoms with E-state index < -0.39 is 11.8 Å². The number of hydrogen-bond acceptors (Lipinski definition) is 9. The van der Waals surface area contributed by atoms with E-state index in [-0.39, 0.29) is 30.5 Å². The molecule has 3 saturated heterocycles. The van der Waals surface area contributed by atoms with Gasteiger partial charge in [-0.1, -0.05) is 24.8 Å². The minimum Gasteiger partial charge on any atom is -0.461 e. The summed E-state index contributed by atoms with van der Waals surface area (Å²) in [5.41, 5.74) is 1.79. The van der Waals surface area contributed by atoms with Crippen LogP contribution in [0, 0.1) is 11.3 Å². The number of nitrogens with zero attached hydrogens (tertiary/aromatic N) is 2. The SMILES string of the molecule is C[C@@H]1CNC[C@H](C)O1.C[C@H]1CN(c2coc3c(C#N)cccc23)C(=O)S1.O=C1CC(=O)NC(=O)C1.[HH]. The summed E-state index contributed by atoms with van der Waals surface area (Å²) in [6.45, 7) is 8.88. The molecule has 2 N–H and O–H groups in total. The van der Waals surface area contributed by atoms with E-state index in [1.807, 2.05) is 18.3 Å². The highest BCUT2D eigenvalue weighted by molar-refractivity contribution is 8.14. The molecule has 2 aromatic rings. The zero-order chi connectivity index (χ0) is 25.5. The molecular weight excluding hydrogens is 472 g/mol. The van der Waals surface area contributed by atoms with Gasteiger partial charge in [0.25, 0.3) is 5.24 Å². The van der Waals surface area contributed by atoms with Gasteiger partial charge in [-0.15, -0.1) is 0 Å². The fourth-order valence-corrected chi connectivity index (χ4v) is 4.66. The summed E-state index contributed by atoms with van der Waals surface area (Å²) in [5.74, 6) is -1.28. The summed E-state index contributed by atoms with van der Waals surface area (Å²) in [5, 5.41) is 15.4. The second-order valence-electron chi connectivity index (χ2n) is 8.50. The molecule has 1 aromatic carbocycles. The van der Waals surface area contributed by atoms with Crippen LogP contribution in [0.2, 0.25) is 0 Å². The first-order chi connectivity index (χ1) is 16.7. The number of anilines is 1. The first kappa shape index (κ1) is 26.4. The molecule has 0 aliphatic carbocycles. The maximum atomic E-state index is 11.9. The number of Topliss-reactive ketones (excluding diaryl/α,β-unsaturated/α-hetero) is 1. The molecule has 3 atom stereocenters. The number of furan rings is 1. The molecule has 10 nitrogen and oxygen atoms in total. The van der Waals surface area contributed by atoms with E-state index in [1.165, 1.54) is 11.8 Å². The van der Waals surface area contributed by atoms with Crippen LogP contribution < -0.4 is 15.5 Å². The first-order valence-electron chi connectivity index (χ1n) is 11.3. The van der Waals surface area contributed by atoms with Crippen molar-refractivity contribution in [3.63, 3.8) is 0 Å². The van der Waals surface area contributed by atoms with Crippen molar-refractivity contribution in [2.45, 2.75) is 51.1 Å². The van der Waals surface area contributed by atoms with Crippen LogP contribution in [0.1, 0.15) is 40.6 Å². The Morgan fingerprint density at radius 3 is 2.23 bits per heavy atom. The quantitative estimate of drug-likeness (QED) is 0.444. The summed E-state index contributed by atoms with van der Waals surface area (Å²) >= 11 is 1.33. The lowest BCUT2D eigenvalue weighted by molar-refractivity contribution is -0.138. The van der Waals surface area contributed by atoms with Crippen molar-refractivity contribution in [2.75, 3.05) is 24.5 Å². The Hall–Kier alpha value is -3.20. The number of fused-ring (bicyclic) bond motifs is 1. The summed E-state index contributed by atoms with van der Waals surface area (Å²) < 4.78 is 10.9. The van der Waals surface area contributed by atoms with Gasteiger partial charge < -0.3 is 14.5 Å². The van der Waals surface area contributed by atoms with Gasteiger partial charge in [-0.25, -0.2) is 0 Å². The largest absolute Gasteiger partial charge is 0.461 e. The van der Waals surface area contributed by atoms with Gasteiger partial charge in [-0.2, -0.15) is 5.26 Å². The number of ketones is 1. The Labute approximate surface area is 208 Å². The lowest BCUT2D eigenvalue weighted by Crippen LogP contribution is -2.41. The number of rotatable bonds is 1. The molecule has 0 unspecified atom stereocenters. The molecule has 0 bridgehead atoms. The molecule has 0 spiro atoms. The van der Waals surface area contributed by atoms with Crippen LogP contribution in [0.5, 0.6) is 0 Å². The van der Waals surface area contributed by atoms with E-state index >= 15 is 0 Å². The molecule has 35 heavy (non-hydrogen) atoms. The number of thioether (sulfide) groups is 1. The predicted molar refractivity (Wildman–Crippen MR) is 133 cm³/mol. The minimum absolute atomic E-state index is 0. The molecule has 3 amide bonds. The Morgan fingerprint density at radius 2 is 1.74 bits per heavy atom. The second-order valence-corrected chi connectivity index (χ2v) is 9.89. The lowest BCUT2D eigenvalue weighted by Gasteiger charge is -2.25. The first-order valence-corrected chi connectivity index (χ1v) is 12.1. The molecule has 3 fully saturated rings. The maximum absolute atomic E-state index is 11.9. The zero-order valence-corrected chi connectivity index (χ0v) is 20.6. The summed E-state index contributed by atoms with van der Waals surface area (Å²) in [6.07, 6.45) is 2.07. The van der Waals surface area contributed by atoms with Crippen LogP contribution in [0.25, 0.3) is 11.0 Å². The summed E-state index contributed by atoms with van der Waals surface area (Å²) in [7, 11) is 0. The maximum Gasteiger partial charge on any atom is 0.286 e. The number of nitrogens with one attached hydrogen (secondary N) is 2. The van der Waals surface area contributed by atoms with Crippen LogP contribution in [-0.4, -0.2) is 59.9 Å². The molecule has 188 valence electrons. The monoisotopic (exact) mass is 502 g/mol. The fourth-order valence-electron chi connectivity index (χ4n) is 3.79. The molecule has 4 heterocycles. The highest BCUT2D eigenvalue weighted by Gasteiger charge is 2.31. The van der Waals surface area contributed by atoms with Crippen molar-refractivity contribution in [1.29, 1.82) is 5.26 Å². The van der Waals surface area contributed by atoms with Crippen molar-refractivity contribution in [1.82, 2.24) is 10.6 Å². The van der Waals surface area contributed by atoms with Gasteiger partial charge in [0, 0.05) is 31.7 Å². The van der Waals surface area contributed by atoms with Crippen LogP contribution in [-0.2, 0) is 19.1 Å². The Kier molecular flexibility index (Phi) is 9.03. The number of carbonyl (C=O) groups excluding carboxylic acids is 4. The number of para-hydroxylation sites is 1. The molecule has 0 radical (unpaired) electrons. The molecular formula is C24H30N4O6S. The van der Waals surface area contributed by atoms with Crippen LogP contribution in [0.15, 0.2) is 28.9 Å². The number of nitriles is 1. The van der Waals surface area contributed by atoms with Crippen molar-refractivity contribution >= 4 is 51.3 Å².